The fourth-order valence-corrected chi connectivity index (χ4v) is 2.10. The Morgan fingerprint density at radius 2 is 1.79 bits per heavy atom. The zero-order valence-electron chi connectivity index (χ0n) is 13.5. The molecule has 0 saturated heterocycles. The van der Waals surface area contributed by atoms with Crippen LogP contribution < -0.4 is 10.5 Å². The fourth-order valence-electron chi connectivity index (χ4n) is 2.10. The molecule has 0 saturated carbocycles. The number of hydrogen-bond acceptors (Lipinski definition) is 8. The van der Waals surface area contributed by atoms with Gasteiger partial charge in [0.1, 0.15) is 30.2 Å². The number of methoxy groups -OCH3 is 1. The summed E-state index contributed by atoms with van der Waals surface area (Å²) in [5.74, 6) is -0.131. The van der Waals surface area contributed by atoms with Crippen LogP contribution in [0.15, 0.2) is 18.2 Å². The first kappa shape index (κ1) is 20.1. The summed E-state index contributed by atoms with van der Waals surface area (Å²) in [6.07, 6.45) is -6.60. The Morgan fingerprint density at radius 3 is 2.33 bits per heavy atom. The predicted octanol–water partition coefficient (Wildman–Crippen LogP) is -2.21. The van der Waals surface area contributed by atoms with Crippen molar-refractivity contribution in [1.82, 2.24) is 4.90 Å². The van der Waals surface area contributed by atoms with Crippen molar-refractivity contribution in [3.63, 3.8) is 0 Å². The number of nitrogens with two attached hydrogens (primary N) is 1. The van der Waals surface area contributed by atoms with Crippen LogP contribution in [0.4, 0.5) is 5.69 Å². The SMILES string of the molecule is COc1cc(C(=O)N(C)CC(O)C(O)C(O)C(O)CO)ccc1N. The molecule has 0 heterocycles. The van der Waals surface area contributed by atoms with Gasteiger partial charge in [-0.1, -0.05) is 0 Å². The molecule has 0 aliphatic carbocycles. The molecule has 0 aliphatic heterocycles. The molecular formula is C15H24N2O7. The summed E-state index contributed by atoms with van der Waals surface area (Å²) in [5, 5.41) is 47.2. The molecule has 9 nitrogen and oxygen atoms in total. The van der Waals surface area contributed by atoms with Gasteiger partial charge in [0.15, 0.2) is 0 Å². The molecule has 0 spiro atoms. The Labute approximate surface area is 139 Å². The molecule has 0 radical (unpaired) electrons. The van der Waals surface area contributed by atoms with Crippen LogP contribution in [0.2, 0.25) is 0 Å². The van der Waals surface area contributed by atoms with Crippen LogP contribution in [0.3, 0.4) is 0 Å². The summed E-state index contributed by atoms with van der Waals surface area (Å²) in [4.78, 5) is 13.5. The molecule has 7 N–H and O–H groups in total. The summed E-state index contributed by atoms with van der Waals surface area (Å²) in [6, 6.07) is 4.44. The molecule has 24 heavy (non-hydrogen) atoms. The number of aliphatic hydroxyl groups is 5. The zero-order chi connectivity index (χ0) is 18.4. The number of carbonyl (C=O) groups is 1. The number of rotatable bonds is 8. The van der Waals surface area contributed by atoms with Crippen molar-refractivity contribution < 1.29 is 35.1 Å². The van der Waals surface area contributed by atoms with Crippen LogP contribution in [0.5, 0.6) is 5.75 Å². The second-order valence-corrected chi connectivity index (χ2v) is 5.44. The normalized spacial score (nSPS) is 16.1. The van der Waals surface area contributed by atoms with E-state index in [1.165, 1.54) is 32.4 Å². The highest BCUT2D eigenvalue weighted by atomic mass is 16.5. The van der Waals surface area contributed by atoms with E-state index in [0.717, 1.165) is 4.90 Å². The highest BCUT2D eigenvalue weighted by Gasteiger charge is 2.31. The third-order valence-electron chi connectivity index (χ3n) is 3.61. The lowest BCUT2D eigenvalue weighted by molar-refractivity contribution is -0.117. The summed E-state index contributed by atoms with van der Waals surface area (Å²) >= 11 is 0. The minimum absolute atomic E-state index is 0.265. The smallest absolute Gasteiger partial charge is 0.253 e. The molecule has 4 unspecified atom stereocenters. The van der Waals surface area contributed by atoms with Crippen LogP contribution in [0.25, 0.3) is 0 Å². The van der Waals surface area contributed by atoms with Gasteiger partial charge in [0.05, 0.1) is 19.4 Å². The molecule has 0 fully saturated rings. The van der Waals surface area contributed by atoms with Crippen molar-refractivity contribution in [2.24, 2.45) is 0 Å². The van der Waals surface area contributed by atoms with E-state index >= 15 is 0 Å². The van der Waals surface area contributed by atoms with Gasteiger partial charge in [-0.2, -0.15) is 0 Å². The summed E-state index contributed by atoms with van der Waals surface area (Å²) in [7, 11) is 2.81. The van der Waals surface area contributed by atoms with Crippen molar-refractivity contribution in [2.45, 2.75) is 24.4 Å². The van der Waals surface area contributed by atoms with Crippen molar-refractivity contribution in [3.05, 3.63) is 23.8 Å². The molecule has 136 valence electrons. The molecule has 0 aromatic heterocycles. The first-order chi connectivity index (χ1) is 11.2. The Bertz CT molecular complexity index is 555. The molecule has 0 bridgehead atoms. The van der Waals surface area contributed by atoms with Crippen molar-refractivity contribution in [2.75, 3.05) is 33.0 Å². The van der Waals surface area contributed by atoms with Gasteiger partial charge in [-0.05, 0) is 18.2 Å². The van der Waals surface area contributed by atoms with Gasteiger partial charge >= 0.3 is 0 Å². The second kappa shape index (κ2) is 8.81. The number of nitrogen functional groups attached to an aromatic ring is 1. The quantitative estimate of drug-likeness (QED) is 0.290. The third-order valence-corrected chi connectivity index (χ3v) is 3.61. The van der Waals surface area contributed by atoms with Gasteiger partial charge in [0, 0.05) is 19.2 Å². The van der Waals surface area contributed by atoms with Gasteiger partial charge in [-0.25, -0.2) is 0 Å². The number of nitrogens with zero attached hydrogens (tertiary/aromatic N) is 1. The lowest BCUT2D eigenvalue weighted by atomic mass is 10.0. The second-order valence-electron chi connectivity index (χ2n) is 5.44. The summed E-state index contributed by atoms with van der Waals surface area (Å²) < 4.78 is 5.04. The van der Waals surface area contributed by atoms with E-state index in [1.54, 1.807) is 0 Å². The van der Waals surface area contributed by atoms with Crippen LogP contribution in [0.1, 0.15) is 10.4 Å². The van der Waals surface area contributed by atoms with Gasteiger partial charge in [-0.15, -0.1) is 0 Å². The van der Waals surface area contributed by atoms with E-state index < -0.39 is 36.9 Å². The van der Waals surface area contributed by atoms with Crippen LogP contribution in [-0.4, -0.2) is 88.1 Å². The van der Waals surface area contributed by atoms with Gasteiger partial charge in [-0.3, -0.25) is 4.79 Å². The zero-order valence-corrected chi connectivity index (χ0v) is 13.5. The van der Waals surface area contributed by atoms with Crippen LogP contribution in [-0.2, 0) is 0 Å². The lowest BCUT2D eigenvalue weighted by Gasteiger charge is -2.28. The molecule has 9 heteroatoms. The summed E-state index contributed by atoms with van der Waals surface area (Å²) in [6.45, 7) is -1.08. The van der Waals surface area contributed by atoms with Gasteiger partial charge in [0.2, 0.25) is 0 Å². The highest BCUT2D eigenvalue weighted by molar-refractivity contribution is 5.95. The van der Waals surface area contributed by atoms with Crippen molar-refractivity contribution >= 4 is 11.6 Å². The molecule has 0 aliphatic rings. The maximum Gasteiger partial charge on any atom is 0.253 e. The Hall–Kier alpha value is -1.91. The van der Waals surface area contributed by atoms with E-state index in [1.807, 2.05) is 0 Å². The predicted molar refractivity (Wildman–Crippen MR) is 85.5 cm³/mol. The van der Waals surface area contributed by atoms with Crippen LogP contribution >= 0.6 is 0 Å². The molecular weight excluding hydrogens is 320 g/mol. The largest absolute Gasteiger partial charge is 0.495 e. The molecule has 1 rings (SSSR count). The Kier molecular flexibility index (Phi) is 7.39. The van der Waals surface area contributed by atoms with E-state index in [0.29, 0.717) is 11.4 Å². The first-order valence-corrected chi connectivity index (χ1v) is 7.25. The molecule has 1 aromatic rings. The number of aliphatic hydroxyl groups excluding tert-OH is 5. The molecule has 4 atom stereocenters. The van der Waals surface area contributed by atoms with E-state index in [2.05, 4.69) is 0 Å². The Balaban J connectivity index is 2.76. The standard InChI is InChI=1S/C15H24N2O7/c1-17(6-10(19)13(21)14(22)11(20)7-18)15(23)8-3-4-9(16)12(5-8)24-2/h3-5,10-11,13-14,18-22H,6-7,16H2,1-2H3. The average molecular weight is 344 g/mol. The summed E-state index contributed by atoms with van der Waals surface area (Å²) in [5.41, 5.74) is 6.31. The van der Waals surface area contributed by atoms with E-state index in [-0.39, 0.29) is 12.1 Å². The number of carbonyl (C=O) groups excluding carboxylic acids is 1. The van der Waals surface area contributed by atoms with Gasteiger partial charge < -0.3 is 40.9 Å². The Morgan fingerprint density at radius 1 is 1.21 bits per heavy atom. The third kappa shape index (κ3) is 4.79. The molecule has 1 aromatic carbocycles. The molecule has 1 amide bonds. The topological polar surface area (TPSA) is 157 Å². The maximum atomic E-state index is 12.3. The van der Waals surface area contributed by atoms with Gasteiger partial charge in [0.25, 0.3) is 5.91 Å². The maximum absolute atomic E-state index is 12.3. The van der Waals surface area contributed by atoms with Crippen molar-refractivity contribution in [1.29, 1.82) is 0 Å². The first-order valence-electron chi connectivity index (χ1n) is 7.25. The number of amides is 1. The minimum atomic E-state index is -1.75. The number of ether oxygens (including phenoxy) is 1. The van der Waals surface area contributed by atoms with Crippen molar-refractivity contribution in [3.8, 4) is 5.75 Å². The highest BCUT2D eigenvalue weighted by Crippen LogP contribution is 2.23. The number of hydrogen-bond donors (Lipinski definition) is 6. The average Bonchev–Trinajstić information content (AvgIpc) is 2.59. The minimum Gasteiger partial charge on any atom is -0.495 e. The van der Waals surface area contributed by atoms with E-state index in [9.17, 15) is 25.2 Å². The number of anilines is 1. The number of likely N-dealkylation sites (N-methyl/N-ethyl adjacent to an activating group) is 1. The number of benzene rings is 1. The monoisotopic (exact) mass is 344 g/mol. The van der Waals surface area contributed by atoms with Crippen LogP contribution in [0, 0.1) is 0 Å². The lowest BCUT2D eigenvalue weighted by Crippen LogP contribution is -2.49. The van der Waals surface area contributed by atoms with E-state index in [4.69, 9.17) is 15.6 Å². The fraction of sp³-hybridized carbons (Fsp3) is 0.533.